The van der Waals surface area contributed by atoms with Crippen LogP contribution >= 0.6 is 0 Å². The van der Waals surface area contributed by atoms with E-state index in [2.05, 4.69) is 15.6 Å². The minimum absolute atomic E-state index is 0.0283. The van der Waals surface area contributed by atoms with Crippen LogP contribution in [-0.2, 0) is 11.2 Å². The van der Waals surface area contributed by atoms with Crippen LogP contribution in [0.4, 0.5) is 17.2 Å². The summed E-state index contributed by atoms with van der Waals surface area (Å²) in [6.45, 7) is 1.92. The maximum atomic E-state index is 11.4. The number of amides is 1. The normalized spacial score (nSPS) is 14.6. The quantitative estimate of drug-likeness (QED) is 0.668. The number of anilines is 2. The van der Waals surface area contributed by atoms with Crippen molar-refractivity contribution in [1.29, 1.82) is 0 Å². The summed E-state index contributed by atoms with van der Waals surface area (Å²) in [7, 11) is 0. The first-order valence-electron chi connectivity index (χ1n) is 7.33. The van der Waals surface area contributed by atoms with E-state index in [1.54, 1.807) is 0 Å². The maximum Gasteiger partial charge on any atom is 0.311 e. The molecular formula is C16H16N4O3. The summed E-state index contributed by atoms with van der Waals surface area (Å²) in [5.41, 5.74) is 2.84. The molecule has 1 aromatic heterocycles. The van der Waals surface area contributed by atoms with E-state index in [-0.39, 0.29) is 23.5 Å². The van der Waals surface area contributed by atoms with Crippen LogP contribution in [0, 0.1) is 10.1 Å². The van der Waals surface area contributed by atoms with Crippen molar-refractivity contribution in [1.82, 2.24) is 4.98 Å². The number of hydrogen-bond donors (Lipinski definition) is 2. The van der Waals surface area contributed by atoms with E-state index in [0.717, 1.165) is 16.8 Å². The Bertz CT molecular complexity index is 776. The summed E-state index contributed by atoms with van der Waals surface area (Å²) in [6.07, 6.45) is 2.69. The average Bonchev–Trinajstić information content (AvgIpc) is 2.54. The van der Waals surface area contributed by atoms with Crippen LogP contribution in [0.2, 0.25) is 0 Å². The minimum atomic E-state index is -0.454. The first kappa shape index (κ1) is 15.0. The molecule has 2 N–H and O–H groups in total. The molecule has 1 aliphatic heterocycles. The van der Waals surface area contributed by atoms with Gasteiger partial charge in [-0.3, -0.25) is 14.9 Å². The number of aryl methyl sites for hydroxylation is 1. The number of nitro groups is 1. The number of fused-ring (bicyclic) bond motifs is 1. The third-order valence-electron chi connectivity index (χ3n) is 3.86. The van der Waals surface area contributed by atoms with E-state index < -0.39 is 4.92 Å². The number of benzene rings is 1. The second-order valence-corrected chi connectivity index (χ2v) is 5.46. The fourth-order valence-corrected chi connectivity index (χ4v) is 2.62. The van der Waals surface area contributed by atoms with Crippen LogP contribution in [0.3, 0.4) is 0 Å². The molecule has 1 aromatic carbocycles. The second kappa shape index (κ2) is 6.04. The van der Waals surface area contributed by atoms with Gasteiger partial charge in [0, 0.05) is 24.4 Å². The topological polar surface area (TPSA) is 97.2 Å². The largest absolute Gasteiger partial charge is 0.358 e. The fourth-order valence-electron chi connectivity index (χ4n) is 2.62. The lowest BCUT2D eigenvalue weighted by atomic mass is 9.98. The Labute approximate surface area is 132 Å². The predicted octanol–water partition coefficient (Wildman–Crippen LogP) is 3.05. The smallest absolute Gasteiger partial charge is 0.311 e. The van der Waals surface area contributed by atoms with Crippen LogP contribution in [-0.4, -0.2) is 15.8 Å². The Morgan fingerprint density at radius 2 is 2.17 bits per heavy atom. The first-order chi connectivity index (χ1) is 11.0. The molecule has 0 fully saturated rings. The zero-order valence-electron chi connectivity index (χ0n) is 12.6. The van der Waals surface area contributed by atoms with Crippen molar-refractivity contribution in [3.63, 3.8) is 0 Å². The zero-order chi connectivity index (χ0) is 16.4. The lowest BCUT2D eigenvalue weighted by molar-refractivity contribution is -0.384. The molecule has 2 aromatic rings. The van der Waals surface area contributed by atoms with Crippen LogP contribution in [0.25, 0.3) is 0 Å². The third kappa shape index (κ3) is 3.13. The van der Waals surface area contributed by atoms with Gasteiger partial charge in [0.15, 0.2) is 0 Å². The van der Waals surface area contributed by atoms with Gasteiger partial charge in [-0.1, -0.05) is 12.1 Å². The van der Waals surface area contributed by atoms with E-state index in [4.69, 9.17) is 0 Å². The van der Waals surface area contributed by atoms with Gasteiger partial charge in [-0.05, 0) is 36.6 Å². The molecular weight excluding hydrogens is 296 g/mol. The van der Waals surface area contributed by atoms with Gasteiger partial charge in [-0.2, -0.15) is 0 Å². The van der Waals surface area contributed by atoms with Gasteiger partial charge in [-0.15, -0.1) is 0 Å². The zero-order valence-corrected chi connectivity index (χ0v) is 12.6. The lowest BCUT2D eigenvalue weighted by Crippen LogP contribution is -2.19. The SMILES string of the molecule is C[C@H](Nc1ncccc1[N+](=O)[O-])c1ccc2c(c1)CCC(=O)N2. The minimum Gasteiger partial charge on any atom is -0.358 e. The number of pyridine rings is 1. The van der Waals surface area contributed by atoms with E-state index in [0.29, 0.717) is 12.8 Å². The number of hydrogen-bond acceptors (Lipinski definition) is 5. The van der Waals surface area contributed by atoms with E-state index in [1.807, 2.05) is 25.1 Å². The highest BCUT2D eigenvalue weighted by atomic mass is 16.6. The number of aromatic nitrogens is 1. The molecule has 0 saturated heterocycles. The number of nitrogens with one attached hydrogen (secondary N) is 2. The Kier molecular flexibility index (Phi) is 3.92. The van der Waals surface area contributed by atoms with Gasteiger partial charge in [-0.25, -0.2) is 4.98 Å². The number of rotatable bonds is 4. The molecule has 1 amide bonds. The first-order valence-corrected chi connectivity index (χ1v) is 7.33. The molecule has 118 valence electrons. The fraction of sp³-hybridized carbons (Fsp3) is 0.250. The van der Waals surface area contributed by atoms with Gasteiger partial charge in [0.1, 0.15) is 0 Å². The van der Waals surface area contributed by atoms with Crippen LogP contribution < -0.4 is 10.6 Å². The highest BCUT2D eigenvalue weighted by molar-refractivity contribution is 5.93. The van der Waals surface area contributed by atoms with E-state index in [1.165, 1.54) is 18.3 Å². The molecule has 1 aliphatic rings. The van der Waals surface area contributed by atoms with Crippen molar-refractivity contribution in [2.75, 3.05) is 10.6 Å². The molecule has 1 atom stereocenters. The van der Waals surface area contributed by atoms with Crippen molar-refractivity contribution >= 4 is 23.1 Å². The summed E-state index contributed by atoms with van der Waals surface area (Å²) in [5, 5.41) is 17.0. The van der Waals surface area contributed by atoms with Gasteiger partial charge in [0.2, 0.25) is 11.7 Å². The Morgan fingerprint density at radius 3 is 2.96 bits per heavy atom. The highest BCUT2D eigenvalue weighted by Gasteiger charge is 2.19. The molecule has 0 radical (unpaired) electrons. The van der Waals surface area contributed by atoms with Gasteiger partial charge >= 0.3 is 5.69 Å². The standard InChI is InChI=1S/C16H16N4O3/c1-10(18-16-14(20(22)23)3-2-8-17-16)11-4-6-13-12(9-11)5-7-15(21)19-13/h2-4,6,8-10H,5,7H2,1H3,(H,17,18)(H,19,21)/t10-/m0/s1. The monoisotopic (exact) mass is 312 g/mol. The molecule has 7 heteroatoms. The van der Waals surface area contributed by atoms with Gasteiger partial charge < -0.3 is 10.6 Å². The number of nitrogens with zero attached hydrogens (tertiary/aromatic N) is 2. The maximum absolute atomic E-state index is 11.4. The van der Waals surface area contributed by atoms with Gasteiger partial charge in [0.25, 0.3) is 0 Å². The van der Waals surface area contributed by atoms with E-state index in [9.17, 15) is 14.9 Å². The Hall–Kier alpha value is -2.96. The van der Waals surface area contributed by atoms with Crippen LogP contribution in [0.5, 0.6) is 0 Å². The van der Waals surface area contributed by atoms with E-state index >= 15 is 0 Å². The lowest BCUT2D eigenvalue weighted by Gasteiger charge is -2.20. The molecule has 0 aliphatic carbocycles. The van der Waals surface area contributed by atoms with Crippen molar-refractivity contribution in [3.8, 4) is 0 Å². The van der Waals surface area contributed by atoms with Crippen molar-refractivity contribution in [2.24, 2.45) is 0 Å². The summed E-state index contributed by atoms with van der Waals surface area (Å²) >= 11 is 0. The molecule has 7 nitrogen and oxygen atoms in total. The van der Waals surface area contributed by atoms with Crippen molar-refractivity contribution < 1.29 is 9.72 Å². The molecule has 23 heavy (non-hydrogen) atoms. The molecule has 0 saturated carbocycles. The summed E-state index contributed by atoms with van der Waals surface area (Å²) in [4.78, 5) is 26.0. The Balaban J connectivity index is 1.83. The molecule has 0 unspecified atom stereocenters. The summed E-state index contributed by atoms with van der Waals surface area (Å²) in [5.74, 6) is 0.275. The average molecular weight is 312 g/mol. The molecule has 3 rings (SSSR count). The van der Waals surface area contributed by atoms with Gasteiger partial charge in [0.05, 0.1) is 11.0 Å². The Morgan fingerprint density at radius 1 is 1.35 bits per heavy atom. The predicted molar refractivity (Wildman–Crippen MR) is 86.3 cm³/mol. The highest BCUT2D eigenvalue weighted by Crippen LogP contribution is 2.29. The molecule has 0 spiro atoms. The number of carbonyl (C=O) groups excluding carboxylic acids is 1. The third-order valence-corrected chi connectivity index (χ3v) is 3.86. The molecule has 2 heterocycles. The van der Waals surface area contributed by atoms with Crippen molar-refractivity contribution in [3.05, 3.63) is 57.8 Å². The van der Waals surface area contributed by atoms with Crippen molar-refractivity contribution in [2.45, 2.75) is 25.8 Å². The van der Waals surface area contributed by atoms with Crippen LogP contribution in [0.1, 0.15) is 30.5 Å². The second-order valence-electron chi connectivity index (χ2n) is 5.46. The summed E-state index contributed by atoms with van der Waals surface area (Å²) < 4.78 is 0. The van der Waals surface area contributed by atoms with Crippen LogP contribution in [0.15, 0.2) is 36.5 Å². The molecule has 0 bridgehead atoms. The number of carbonyl (C=O) groups is 1. The summed E-state index contributed by atoms with van der Waals surface area (Å²) in [6, 6.07) is 8.59.